The van der Waals surface area contributed by atoms with Crippen LogP contribution in [0.25, 0.3) is 0 Å². The van der Waals surface area contributed by atoms with Crippen LogP contribution in [0.1, 0.15) is 136 Å². The molecular formula is C27H48O4. The molecular weight excluding hydrogens is 388 g/mol. The summed E-state index contributed by atoms with van der Waals surface area (Å²) < 4.78 is 10.5. The Balaban J connectivity index is 3.33. The van der Waals surface area contributed by atoms with Gasteiger partial charge in [0.1, 0.15) is 0 Å². The van der Waals surface area contributed by atoms with E-state index in [0.717, 1.165) is 38.5 Å². The van der Waals surface area contributed by atoms with Gasteiger partial charge in [0.25, 0.3) is 0 Å². The summed E-state index contributed by atoms with van der Waals surface area (Å²) in [5.41, 5.74) is 0. The Morgan fingerprint density at radius 1 is 0.548 bits per heavy atom. The molecule has 0 amide bonds. The van der Waals surface area contributed by atoms with Crippen LogP contribution in [0.2, 0.25) is 0 Å². The lowest BCUT2D eigenvalue weighted by atomic mass is 10.1. The molecule has 180 valence electrons. The fraction of sp³-hybridized carbons (Fsp3) is 0.852. The van der Waals surface area contributed by atoms with Crippen molar-refractivity contribution >= 4 is 11.9 Å². The number of carbonyl (C=O) groups is 2. The third-order valence-electron chi connectivity index (χ3n) is 5.28. The number of unbranched alkanes of at least 4 members (excludes halogenated alkanes) is 13. The Morgan fingerprint density at radius 3 is 1.48 bits per heavy atom. The van der Waals surface area contributed by atoms with Crippen LogP contribution in [0, 0.1) is 11.8 Å². The van der Waals surface area contributed by atoms with Gasteiger partial charge in [0, 0.05) is 25.7 Å². The summed E-state index contributed by atoms with van der Waals surface area (Å²) in [5, 5.41) is 0. The molecule has 4 nitrogen and oxygen atoms in total. The lowest BCUT2D eigenvalue weighted by molar-refractivity contribution is -0.145. The van der Waals surface area contributed by atoms with Crippen molar-refractivity contribution in [3.05, 3.63) is 0 Å². The molecule has 0 aliphatic heterocycles. The molecule has 0 aromatic heterocycles. The fourth-order valence-corrected chi connectivity index (χ4v) is 3.37. The van der Waals surface area contributed by atoms with Crippen molar-refractivity contribution in [1.82, 2.24) is 0 Å². The number of hydrogen-bond acceptors (Lipinski definition) is 4. The zero-order chi connectivity index (χ0) is 22.8. The summed E-state index contributed by atoms with van der Waals surface area (Å²) in [5.74, 6) is 5.86. The molecule has 4 heteroatoms. The molecule has 0 rings (SSSR count). The number of carbonyl (C=O) groups excluding carboxylic acids is 2. The highest BCUT2D eigenvalue weighted by Crippen LogP contribution is 2.09. The van der Waals surface area contributed by atoms with E-state index in [0.29, 0.717) is 32.5 Å². The number of hydrogen-bond donors (Lipinski definition) is 0. The van der Waals surface area contributed by atoms with Gasteiger partial charge in [0.05, 0.1) is 13.2 Å². The van der Waals surface area contributed by atoms with Gasteiger partial charge in [-0.15, -0.1) is 11.8 Å². The van der Waals surface area contributed by atoms with Crippen LogP contribution in [0.5, 0.6) is 0 Å². The summed E-state index contributed by atoms with van der Waals surface area (Å²) in [7, 11) is 0. The van der Waals surface area contributed by atoms with E-state index in [4.69, 9.17) is 9.47 Å². The standard InChI is InChI=1S/C27H48O4/c1-3-5-7-9-11-13-14-16-18-20-25-31-27(29)23-21-22-26(28)30-24-19-17-15-12-10-8-6-4-2/h3-4,6,8-25H2,1-2H3. The molecule has 0 aromatic rings. The van der Waals surface area contributed by atoms with Crippen LogP contribution in [-0.2, 0) is 19.1 Å². The van der Waals surface area contributed by atoms with Crippen molar-refractivity contribution in [3.8, 4) is 11.8 Å². The van der Waals surface area contributed by atoms with Gasteiger partial charge in [0.15, 0.2) is 0 Å². The van der Waals surface area contributed by atoms with Crippen LogP contribution < -0.4 is 0 Å². The van der Waals surface area contributed by atoms with Crippen LogP contribution >= 0.6 is 0 Å². The molecule has 0 bridgehead atoms. The van der Waals surface area contributed by atoms with Gasteiger partial charge in [-0.2, -0.15) is 0 Å². The maximum atomic E-state index is 11.7. The van der Waals surface area contributed by atoms with Crippen molar-refractivity contribution in [2.45, 2.75) is 136 Å². The summed E-state index contributed by atoms with van der Waals surface area (Å²) in [4.78, 5) is 23.4. The third kappa shape index (κ3) is 24.6. The first kappa shape index (κ1) is 29.5. The van der Waals surface area contributed by atoms with Gasteiger partial charge in [0.2, 0.25) is 0 Å². The minimum Gasteiger partial charge on any atom is -0.466 e. The predicted molar refractivity (Wildman–Crippen MR) is 129 cm³/mol. The third-order valence-corrected chi connectivity index (χ3v) is 5.28. The first-order chi connectivity index (χ1) is 15.2. The van der Waals surface area contributed by atoms with Crippen molar-refractivity contribution in [2.24, 2.45) is 0 Å². The number of ether oxygens (including phenoxy) is 2. The molecule has 0 radical (unpaired) electrons. The van der Waals surface area contributed by atoms with E-state index in [2.05, 4.69) is 25.7 Å². The highest BCUT2D eigenvalue weighted by molar-refractivity contribution is 5.72. The second-order valence-corrected chi connectivity index (χ2v) is 8.35. The second-order valence-electron chi connectivity index (χ2n) is 8.35. The Bertz CT molecular complexity index is 475. The molecule has 0 atom stereocenters. The highest BCUT2D eigenvalue weighted by Gasteiger charge is 2.07. The van der Waals surface area contributed by atoms with E-state index in [1.807, 2.05) is 0 Å². The highest BCUT2D eigenvalue weighted by atomic mass is 16.5. The molecule has 31 heavy (non-hydrogen) atoms. The molecule has 0 aromatic carbocycles. The van der Waals surface area contributed by atoms with E-state index >= 15 is 0 Å². The second kappa shape index (κ2) is 24.8. The Labute approximate surface area is 192 Å². The minimum atomic E-state index is -0.203. The van der Waals surface area contributed by atoms with Crippen LogP contribution in [0.3, 0.4) is 0 Å². The van der Waals surface area contributed by atoms with E-state index in [-0.39, 0.29) is 11.9 Å². The van der Waals surface area contributed by atoms with Crippen LogP contribution in [0.4, 0.5) is 0 Å². The first-order valence-corrected chi connectivity index (χ1v) is 13.0. The predicted octanol–water partition coefficient (Wildman–Crippen LogP) is 7.53. The largest absolute Gasteiger partial charge is 0.466 e. The molecule has 0 saturated carbocycles. The number of rotatable bonds is 21. The van der Waals surface area contributed by atoms with Crippen molar-refractivity contribution in [1.29, 1.82) is 0 Å². The van der Waals surface area contributed by atoms with E-state index < -0.39 is 0 Å². The molecule has 0 unspecified atom stereocenters. The Hall–Kier alpha value is -1.50. The summed E-state index contributed by atoms with van der Waals surface area (Å²) in [6, 6.07) is 0. The summed E-state index contributed by atoms with van der Waals surface area (Å²) >= 11 is 0. The summed E-state index contributed by atoms with van der Waals surface area (Å²) in [6.45, 7) is 5.30. The Morgan fingerprint density at radius 2 is 1.00 bits per heavy atom. The van der Waals surface area contributed by atoms with E-state index in [1.165, 1.54) is 64.2 Å². The maximum absolute atomic E-state index is 11.7. The molecule has 0 spiro atoms. The molecule has 0 saturated heterocycles. The smallest absolute Gasteiger partial charge is 0.305 e. The van der Waals surface area contributed by atoms with E-state index in [9.17, 15) is 9.59 Å². The van der Waals surface area contributed by atoms with Gasteiger partial charge in [-0.1, -0.05) is 84.5 Å². The van der Waals surface area contributed by atoms with Crippen molar-refractivity contribution in [3.63, 3.8) is 0 Å². The van der Waals surface area contributed by atoms with E-state index in [1.54, 1.807) is 0 Å². The number of esters is 2. The summed E-state index contributed by atoms with van der Waals surface area (Å²) in [6.07, 6.45) is 19.7. The Kier molecular flexibility index (Phi) is 23.6. The normalized spacial score (nSPS) is 10.4. The molecule has 0 aliphatic rings. The monoisotopic (exact) mass is 436 g/mol. The average Bonchev–Trinajstić information content (AvgIpc) is 2.76. The molecule has 0 aliphatic carbocycles. The maximum Gasteiger partial charge on any atom is 0.305 e. The lowest BCUT2D eigenvalue weighted by Gasteiger charge is -2.06. The zero-order valence-corrected chi connectivity index (χ0v) is 20.5. The molecule has 0 heterocycles. The zero-order valence-electron chi connectivity index (χ0n) is 20.5. The average molecular weight is 437 g/mol. The minimum absolute atomic E-state index is 0.198. The van der Waals surface area contributed by atoms with Crippen molar-refractivity contribution in [2.75, 3.05) is 13.2 Å². The quantitative estimate of drug-likeness (QED) is 0.106. The SMILES string of the molecule is CCC#CCCCCCCCCOC(=O)CCCC(=O)OCCCCCCCCCC. The van der Waals surface area contributed by atoms with Gasteiger partial charge < -0.3 is 9.47 Å². The van der Waals surface area contributed by atoms with Gasteiger partial charge in [-0.05, 0) is 25.7 Å². The van der Waals surface area contributed by atoms with Crippen LogP contribution in [0.15, 0.2) is 0 Å². The van der Waals surface area contributed by atoms with Crippen molar-refractivity contribution < 1.29 is 19.1 Å². The fourth-order valence-electron chi connectivity index (χ4n) is 3.37. The molecule has 0 fully saturated rings. The lowest BCUT2D eigenvalue weighted by Crippen LogP contribution is -2.09. The molecule has 0 N–H and O–H groups in total. The van der Waals surface area contributed by atoms with Gasteiger partial charge in [-0.3, -0.25) is 9.59 Å². The van der Waals surface area contributed by atoms with Gasteiger partial charge >= 0.3 is 11.9 Å². The van der Waals surface area contributed by atoms with Crippen LogP contribution in [-0.4, -0.2) is 25.2 Å². The first-order valence-electron chi connectivity index (χ1n) is 13.0. The topological polar surface area (TPSA) is 52.6 Å². The van der Waals surface area contributed by atoms with Gasteiger partial charge in [-0.25, -0.2) is 0 Å².